The quantitative estimate of drug-likeness (QED) is 0.374. The number of nitrogens with one attached hydrogen (secondary N) is 1. The first kappa shape index (κ1) is 24.0. The molecule has 0 aliphatic carbocycles. The highest BCUT2D eigenvalue weighted by Gasteiger charge is 2.20. The molecule has 10 heteroatoms. The van der Waals surface area contributed by atoms with Gasteiger partial charge in [0.2, 0.25) is 0 Å². The van der Waals surface area contributed by atoms with Crippen LogP contribution in [0.1, 0.15) is 58.3 Å². The third-order valence-corrected chi connectivity index (χ3v) is 6.05. The number of hydrogen-bond acceptors (Lipinski definition) is 8. The van der Waals surface area contributed by atoms with Crippen LogP contribution in [-0.4, -0.2) is 63.7 Å². The molecular weight excluding hydrogens is 412 g/mol. The Labute approximate surface area is 188 Å². The Morgan fingerprint density at radius 2 is 2.06 bits per heavy atom. The van der Waals surface area contributed by atoms with E-state index < -0.39 is 0 Å². The highest BCUT2D eigenvalue weighted by molar-refractivity contribution is 5.81. The predicted molar refractivity (Wildman–Crippen MR) is 123 cm³/mol. The standard InChI is InChI=1S/C22H36N6O4/c1-3-4-14-32-21-25-19(23)18-20(26-21)28(22(30)24-18)13-6-5-11-27-12-7-8-16(15-27)9-10-17(29)31-2/h16H,3-15H2,1-2H3,(H,24,30)(H2,23,25,26). The van der Waals surface area contributed by atoms with Gasteiger partial charge in [-0.1, -0.05) is 13.3 Å². The van der Waals surface area contributed by atoms with E-state index in [0.29, 0.717) is 36.7 Å². The lowest BCUT2D eigenvalue weighted by Crippen LogP contribution is -2.36. The molecule has 10 nitrogen and oxygen atoms in total. The van der Waals surface area contributed by atoms with E-state index in [1.165, 1.54) is 13.5 Å². The molecule has 1 saturated heterocycles. The second kappa shape index (κ2) is 11.8. The number of H-pyrrole nitrogens is 1. The third-order valence-electron chi connectivity index (χ3n) is 6.05. The minimum absolute atomic E-state index is 0.130. The zero-order valence-electron chi connectivity index (χ0n) is 19.3. The van der Waals surface area contributed by atoms with Crippen LogP contribution in [-0.2, 0) is 16.1 Å². The van der Waals surface area contributed by atoms with Gasteiger partial charge in [-0.15, -0.1) is 0 Å². The highest BCUT2D eigenvalue weighted by atomic mass is 16.5. The summed E-state index contributed by atoms with van der Waals surface area (Å²) in [5.41, 5.74) is 6.74. The number of piperidine rings is 1. The van der Waals surface area contributed by atoms with Crippen molar-refractivity contribution in [2.45, 2.75) is 64.8 Å². The van der Waals surface area contributed by atoms with Gasteiger partial charge in [-0.25, -0.2) is 4.79 Å². The second-order valence-electron chi connectivity index (χ2n) is 8.50. The first-order chi connectivity index (χ1) is 15.5. The van der Waals surface area contributed by atoms with E-state index in [4.69, 9.17) is 15.2 Å². The zero-order chi connectivity index (χ0) is 22.9. The monoisotopic (exact) mass is 448 g/mol. The van der Waals surface area contributed by atoms with Gasteiger partial charge in [0.15, 0.2) is 11.5 Å². The Bertz CT molecular complexity index is 940. The number of aromatic amines is 1. The molecule has 0 bridgehead atoms. The van der Waals surface area contributed by atoms with Gasteiger partial charge in [-0.05, 0) is 57.5 Å². The summed E-state index contributed by atoms with van der Waals surface area (Å²) in [5, 5.41) is 0. The molecule has 0 saturated carbocycles. The summed E-state index contributed by atoms with van der Waals surface area (Å²) < 4.78 is 12.0. The summed E-state index contributed by atoms with van der Waals surface area (Å²) in [6.07, 6.45) is 7.45. The number of ether oxygens (including phenoxy) is 2. The highest BCUT2D eigenvalue weighted by Crippen LogP contribution is 2.22. The number of nitrogen functional groups attached to an aromatic ring is 1. The predicted octanol–water partition coefficient (Wildman–Crippen LogP) is 2.33. The van der Waals surface area contributed by atoms with Crippen molar-refractivity contribution in [3.05, 3.63) is 10.5 Å². The molecule has 3 rings (SSSR count). The molecule has 2 aromatic rings. The molecule has 1 atom stereocenters. The number of carbonyl (C=O) groups is 1. The van der Waals surface area contributed by atoms with Crippen molar-refractivity contribution in [1.82, 2.24) is 24.4 Å². The van der Waals surface area contributed by atoms with Crippen LogP contribution < -0.4 is 16.2 Å². The number of unbranched alkanes of at least 4 members (excludes halogenated alkanes) is 2. The molecule has 1 aliphatic rings. The van der Waals surface area contributed by atoms with E-state index in [1.807, 2.05) is 0 Å². The molecule has 1 aliphatic heterocycles. The number of nitrogens with zero attached hydrogens (tertiary/aromatic N) is 4. The number of likely N-dealkylation sites (tertiary alicyclic amines) is 1. The average Bonchev–Trinajstić information content (AvgIpc) is 3.11. The van der Waals surface area contributed by atoms with Crippen LogP contribution in [0.4, 0.5) is 5.82 Å². The fourth-order valence-corrected chi connectivity index (χ4v) is 4.23. The number of aromatic nitrogens is 4. The number of methoxy groups -OCH3 is 1. The SMILES string of the molecule is CCCCOc1nc(N)c2[nH]c(=O)n(CCCCN3CCCC(CCC(=O)OC)C3)c2n1. The van der Waals surface area contributed by atoms with E-state index in [1.54, 1.807) is 4.57 Å². The van der Waals surface area contributed by atoms with Crippen LogP contribution in [0.3, 0.4) is 0 Å². The molecule has 1 unspecified atom stereocenters. The molecule has 0 amide bonds. The summed E-state index contributed by atoms with van der Waals surface area (Å²) >= 11 is 0. The first-order valence-electron chi connectivity index (χ1n) is 11.7. The lowest BCUT2D eigenvalue weighted by Gasteiger charge is -2.32. The number of imidazole rings is 1. The van der Waals surface area contributed by atoms with E-state index in [2.05, 4.69) is 26.8 Å². The zero-order valence-corrected chi connectivity index (χ0v) is 19.3. The van der Waals surface area contributed by atoms with Crippen LogP contribution >= 0.6 is 0 Å². The van der Waals surface area contributed by atoms with Crippen LogP contribution in [0.5, 0.6) is 6.01 Å². The number of rotatable bonds is 12. The Kier molecular flexibility index (Phi) is 8.90. The number of hydrogen-bond donors (Lipinski definition) is 2. The van der Waals surface area contributed by atoms with E-state index in [-0.39, 0.29) is 23.5 Å². The molecule has 0 radical (unpaired) electrons. The second-order valence-corrected chi connectivity index (χ2v) is 8.50. The summed E-state index contributed by atoms with van der Waals surface area (Å²) in [7, 11) is 1.44. The van der Waals surface area contributed by atoms with Crippen molar-refractivity contribution in [3.8, 4) is 6.01 Å². The molecule has 3 heterocycles. The molecule has 0 aromatic carbocycles. The maximum absolute atomic E-state index is 12.4. The van der Waals surface area contributed by atoms with Crippen molar-refractivity contribution in [1.29, 1.82) is 0 Å². The van der Waals surface area contributed by atoms with Gasteiger partial charge in [0, 0.05) is 19.5 Å². The molecule has 2 aromatic heterocycles. The number of nitrogens with two attached hydrogens (primary N) is 1. The maximum atomic E-state index is 12.4. The van der Waals surface area contributed by atoms with Crippen LogP contribution in [0.25, 0.3) is 11.2 Å². The molecule has 178 valence electrons. The minimum Gasteiger partial charge on any atom is -0.469 e. The van der Waals surface area contributed by atoms with E-state index in [9.17, 15) is 9.59 Å². The largest absolute Gasteiger partial charge is 0.469 e. The van der Waals surface area contributed by atoms with Gasteiger partial charge in [0.25, 0.3) is 0 Å². The van der Waals surface area contributed by atoms with E-state index in [0.717, 1.165) is 58.2 Å². The Hall–Kier alpha value is -2.62. The Morgan fingerprint density at radius 1 is 1.25 bits per heavy atom. The van der Waals surface area contributed by atoms with Crippen LogP contribution in [0, 0.1) is 5.92 Å². The molecular formula is C22H36N6O4. The summed E-state index contributed by atoms with van der Waals surface area (Å²) in [6, 6.07) is 0.211. The van der Waals surface area contributed by atoms with Gasteiger partial charge in [-0.3, -0.25) is 9.36 Å². The lowest BCUT2D eigenvalue weighted by atomic mass is 9.93. The topological polar surface area (TPSA) is 128 Å². The molecule has 3 N–H and O–H groups in total. The van der Waals surface area contributed by atoms with Crippen molar-refractivity contribution in [2.24, 2.45) is 5.92 Å². The Balaban J connectivity index is 1.52. The van der Waals surface area contributed by atoms with Crippen molar-refractivity contribution in [3.63, 3.8) is 0 Å². The van der Waals surface area contributed by atoms with Gasteiger partial charge >= 0.3 is 17.7 Å². The normalized spacial score (nSPS) is 17.0. The number of carbonyl (C=O) groups excluding carboxylic acids is 1. The van der Waals surface area contributed by atoms with Gasteiger partial charge in [0.05, 0.1) is 13.7 Å². The molecule has 32 heavy (non-hydrogen) atoms. The van der Waals surface area contributed by atoms with Crippen LogP contribution in [0.2, 0.25) is 0 Å². The average molecular weight is 449 g/mol. The smallest absolute Gasteiger partial charge is 0.327 e. The van der Waals surface area contributed by atoms with Gasteiger partial charge < -0.3 is 25.1 Å². The van der Waals surface area contributed by atoms with Gasteiger partial charge in [-0.2, -0.15) is 9.97 Å². The number of aryl methyl sites for hydroxylation is 1. The van der Waals surface area contributed by atoms with Gasteiger partial charge in [0.1, 0.15) is 5.52 Å². The van der Waals surface area contributed by atoms with Crippen LogP contribution in [0.15, 0.2) is 4.79 Å². The third kappa shape index (κ3) is 6.44. The fraction of sp³-hybridized carbons (Fsp3) is 0.727. The summed E-state index contributed by atoms with van der Waals surface area (Å²) in [6.45, 7) is 6.25. The number of fused-ring (bicyclic) bond motifs is 1. The molecule has 1 fully saturated rings. The van der Waals surface area contributed by atoms with E-state index >= 15 is 0 Å². The van der Waals surface area contributed by atoms with Crippen molar-refractivity contribution in [2.75, 3.05) is 39.1 Å². The summed E-state index contributed by atoms with van der Waals surface area (Å²) in [4.78, 5) is 37.6. The Morgan fingerprint density at radius 3 is 2.84 bits per heavy atom. The van der Waals surface area contributed by atoms with Crippen molar-refractivity contribution < 1.29 is 14.3 Å². The maximum Gasteiger partial charge on any atom is 0.327 e. The fourth-order valence-electron chi connectivity index (χ4n) is 4.23. The number of anilines is 1. The summed E-state index contributed by atoms with van der Waals surface area (Å²) in [5.74, 6) is 0.642. The lowest BCUT2D eigenvalue weighted by molar-refractivity contribution is -0.141. The minimum atomic E-state index is -0.229. The number of esters is 1. The van der Waals surface area contributed by atoms with Crippen molar-refractivity contribution >= 4 is 23.0 Å². The molecule has 0 spiro atoms. The first-order valence-corrected chi connectivity index (χ1v) is 11.7.